The molecule has 0 aromatic heterocycles. The van der Waals surface area contributed by atoms with Gasteiger partial charge in [0, 0.05) is 18.8 Å². The van der Waals surface area contributed by atoms with E-state index in [1.54, 1.807) is 0 Å². The van der Waals surface area contributed by atoms with Gasteiger partial charge >= 0.3 is 0 Å². The summed E-state index contributed by atoms with van der Waals surface area (Å²) in [5.74, 6) is 0. The van der Waals surface area contributed by atoms with Crippen molar-refractivity contribution in [2.24, 2.45) is 0 Å². The molecule has 2 aromatic rings. The van der Waals surface area contributed by atoms with E-state index in [9.17, 15) is 0 Å². The van der Waals surface area contributed by atoms with Crippen molar-refractivity contribution in [1.82, 2.24) is 0 Å². The molecule has 0 fully saturated rings. The number of rotatable bonds is 2. The summed E-state index contributed by atoms with van der Waals surface area (Å²) in [6, 6.07) is 16.8. The van der Waals surface area contributed by atoms with Gasteiger partial charge in [-0.2, -0.15) is 5.26 Å². The summed E-state index contributed by atoms with van der Waals surface area (Å²) in [6.45, 7) is 4.18. The van der Waals surface area contributed by atoms with E-state index >= 15 is 0 Å². The average molecular weight is 262 g/mol. The highest BCUT2D eigenvalue weighted by Crippen LogP contribution is 2.29. The molecular weight excluding hydrogens is 244 g/mol. The zero-order valence-electron chi connectivity index (χ0n) is 11.8. The second kappa shape index (κ2) is 5.38. The predicted molar refractivity (Wildman–Crippen MR) is 81.7 cm³/mol. The Labute approximate surface area is 120 Å². The quantitative estimate of drug-likeness (QED) is 0.822. The summed E-state index contributed by atoms with van der Waals surface area (Å²) >= 11 is 0. The van der Waals surface area contributed by atoms with Crippen molar-refractivity contribution in [1.29, 1.82) is 5.26 Å². The van der Waals surface area contributed by atoms with Gasteiger partial charge in [-0.3, -0.25) is 0 Å². The Morgan fingerprint density at radius 2 is 1.95 bits per heavy atom. The SMILES string of the molecule is Cc1ccc2c(c1)CCCN2Cc1ccc(C#N)cc1. The Hall–Kier alpha value is -2.27. The van der Waals surface area contributed by atoms with Gasteiger partial charge in [0.15, 0.2) is 0 Å². The van der Waals surface area contributed by atoms with Crippen LogP contribution in [0.5, 0.6) is 0 Å². The molecule has 1 aliphatic rings. The lowest BCUT2D eigenvalue weighted by Crippen LogP contribution is -2.28. The van der Waals surface area contributed by atoms with Crippen LogP contribution in [0.2, 0.25) is 0 Å². The number of hydrogen-bond donors (Lipinski definition) is 0. The third-order valence-corrected chi connectivity index (χ3v) is 3.91. The fourth-order valence-electron chi connectivity index (χ4n) is 2.87. The van der Waals surface area contributed by atoms with E-state index in [4.69, 9.17) is 5.26 Å². The van der Waals surface area contributed by atoms with Gasteiger partial charge in [-0.05, 0) is 49.1 Å². The topological polar surface area (TPSA) is 27.0 Å². The van der Waals surface area contributed by atoms with Gasteiger partial charge in [0.2, 0.25) is 0 Å². The number of anilines is 1. The first kappa shape index (κ1) is 12.7. The minimum Gasteiger partial charge on any atom is -0.367 e. The standard InChI is InChI=1S/C18H18N2/c1-14-4-9-18-17(11-14)3-2-10-20(18)13-16-7-5-15(12-19)6-8-16/h4-9,11H,2-3,10,13H2,1H3. The van der Waals surface area contributed by atoms with Crippen LogP contribution in [0.4, 0.5) is 5.69 Å². The Kier molecular flexibility index (Phi) is 3.43. The van der Waals surface area contributed by atoms with Gasteiger partial charge in [0.25, 0.3) is 0 Å². The molecule has 0 spiro atoms. The number of hydrogen-bond acceptors (Lipinski definition) is 2. The second-order valence-electron chi connectivity index (χ2n) is 5.47. The van der Waals surface area contributed by atoms with Crippen LogP contribution in [0.1, 0.15) is 28.7 Å². The van der Waals surface area contributed by atoms with Crippen LogP contribution in [0.3, 0.4) is 0 Å². The minimum atomic E-state index is 0.725. The van der Waals surface area contributed by atoms with Crippen LogP contribution in [0, 0.1) is 18.3 Å². The minimum absolute atomic E-state index is 0.725. The first-order valence-electron chi connectivity index (χ1n) is 7.10. The molecule has 0 N–H and O–H groups in total. The molecule has 100 valence electrons. The smallest absolute Gasteiger partial charge is 0.0991 e. The number of fused-ring (bicyclic) bond motifs is 1. The van der Waals surface area contributed by atoms with Gasteiger partial charge in [0.1, 0.15) is 0 Å². The summed E-state index contributed by atoms with van der Waals surface area (Å²) in [7, 11) is 0. The van der Waals surface area contributed by atoms with Crippen molar-refractivity contribution in [3.05, 3.63) is 64.7 Å². The van der Waals surface area contributed by atoms with Crippen LogP contribution < -0.4 is 4.90 Å². The van der Waals surface area contributed by atoms with E-state index in [0.717, 1.165) is 18.7 Å². The molecule has 1 aliphatic heterocycles. The third kappa shape index (κ3) is 2.53. The summed E-state index contributed by atoms with van der Waals surface area (Å²) < 4.78 is 0. The Morgan fingerprint density at radius 1 is 1.15 bits per heavy atom. The number of aryl methyl sites for hydroxylation is 2. The highest BCUT2D eigenvalue weighted by atomic mass is 15.1. The van der Waals surface area contributed by atoms with Gasteiger partial charge in [-0.1, -0.05) is 29.8 Å². The van der Waals surface area contributed by atoms with Crippen LogP contribution in [0.25, 0.3) is 0 Å². The van der Waals surface area contributed by atoms with Crippen LogP contribution in [-0.4, -0.2) is 6.54 Å². The molecule has 0 bridgehead atoms. The summed E-state index contributed by atoms with van der Waals surface area (Å²) in [5, 5.41) is 8.85. The van der Waals surface area contributed by atoms with Crippen LogP contribution in [0.15, 0.2) is 42.5 Å². The lowest BCUT2D eigenvalue weighted by Gasteiger charge is -2.31. The summed E-state index contributed by atoms with van der Waals surface area (Å²) in [4.78, 5) is 2.44. The Balaban J connectivity index is 1.84. The predicted octanol–water partition coefficient (Wildman–Crippen LogP) is 3.82. The van der Waals surface area contributed by atoms with Gasteiger partial charge < -0.3 is 4.90 Å². The Bertz CT molecular complexity index is 650. The maximum Gasteiger partial charge on any atom is 0.0991 e. The number of benzene rings is 2. The van der Waals surface area contributed by atoms with Crippen molar-refractivity contribution < 1.29 is 0 Å². The third-order valence-electron chi connectivity index (χ3n) is 3.91. The largest absolute Gasteiger partial charge is 0.367 e. The maximum absolute atomic E-state index is 8.85. The maximum atomic E-state index is 8.85. The van der Waals surface area contributed by atoms with Crippen molar-refractivity contribution in [3.63, 3.8) is 0 Å². The molecule has 2 aromatic carbocycles. The van der Waals surface area contributed by atoms with Crippen molar-refractivity contribution >= 4 is 5.69 Å². The van der Waals surface area contributed by atoms with Crippen molar-refractivity contribution in [2.75, 3.05) is 11.4 Å². The van der Waals surface area contributed by atoms with E-state index in [1.807, 2.05) is 12.1 Å². The lowest BCUT2D eigenvalue weighted by atomic mass is 9.99. The van der Waals surface area contributed by atoms with E-state index in [1.165, 1.54) is 35.2 Å². The molecule has 3 rings (SSSR count). The molecule has 2 heteroatoms. The van der Waals surface area contributed by atoms with E-state index < -0.39 is 0 Å². The number of nitrogens with zero attached hydrogens (tertiary/aromatic N) is 2. The number of nitriles is 1. The van der Waals surface area contributed by atoms with Gasteiger partial charge in [0.05, 0.1) is 11.6 Å². The molecule has 1 heterocycles. The first-order chi connectivity index (χ1) is 9.76. The zero-order chi connectivity index (χ0) is 13.9. The molecule has 0 saturated carbocycles. The first-order valence-corrected chi connectivity index (χ1v) is 7.10. The normalized spacial score (nSPS) is 13.7. The van der Waals surface area contributed by atoms with E-state index in [0.29, 0.717) is 0 Å². The highest BCUT2D eigenvalue weighted by Gasteiger charge is 2.16. The molecule has 0 aliphatic carbocycles. The zero-order valence-corrected chi connectivity index (χ0v) is 11.8. The van der Waals surface area contributed by atoms with Crippen molar-refractivity contribution in [2.45, 2.75) is 26.3 Å². The monoisotopic (exact) mass is 262 g/mol. The van der Waals surface area contributed by atoms with E-state index in [2.05, 4.69) is 48.2 Å². The molecule has 0 atom stereocenters. The van der Waals surface area contributed by atoms with Crippen molar-refractivity contribution in [3.8, 4) is 6.07 Å². The summed E-state index contributed by atoms with van der Waals surface area (Å²) in [5.41, 5.74) is 6.15. The second-order valence-corrected chi connectivity index (χ2v) is 5.47. The highest BCUT2D eigenvalue weighted by molar-refractivity contribution is 5.57. The molecule has 0 saturated heterocycles. The fourth-order valence-corrected chi connectivity index (χ4v) is 2.87. The molecular formula is C18H18N2. The Morgan fingerprint density at radius 3 is 2.70 bits per heavy atom. The van der Waals surface area contributed by atoms with Gasteiger partial charge in [-0.15, -0.1) is 0 Å². The molecule has 20 heavy (non-hydrogen) atoms. The molecule has 0 radical (unpaired) electrons. The van der Waals surface area contributed by atoms with Crippen LogP contribution >= 0.6 is 0 Å². The van der Waals surface area contributed by atoms with Crippen LogP contribution in [-0.2, 0) is 13.0 Å². The molecule has 0 amide bonds. The van der Waals surface area contributed by atoms with E-state index in [-0.39, 0.29) is 0 Å². The van der Waals surface area contributed by atoms with Gasteiger partial charge in [-0.25, -0.2) is 0 Å². The lowest BCUT2D eigenvalue weighted by molar-refractivity contribution is 0.691. The average Bonchev–Trinajstić information content (AvgIpc) is 2.48. The fraction of sp³-hybridized carbons (Fsp3) is 0.278. The molecule has 0 unspecified atom stereocenters. The summed E-state index contributed by atoms with van der Waals surface area (Å²) in [6.07, 6.45) is 2.40. The molecule has 2 nitrogen and oxygen atoms in total.